The minimum absolute atomic E-state index is 0.0778. The summed E-state index contributed by atoms with van der Waals surface area (Å²) in [6, 6.07) is 0. The first kappa shape index (κ1) is 57.0. The first-order valence-electron chi connectivity index (χ1n) is 19.7. The molecule has 0 saturated carbocycles. The fourth-order valence-electron chi connectivity index (χ4n) is 5.01. The summed E-state index contributed by atoms with van der Waals surface area (Å²) in [5.41, 5.74) is -5.04. The Morgan fingerprint density at radius 2 is 1.00 bits per heavy atom. The van der Waals surface area contributed by atoms with Gasteiger partial charge in [-0.3, -0.25) is 38.5 Å². The van der Waals surface area contributed by atoms with Gasteiger partial charge in [-0.2, -0.15) is 0 Å². The van der Waals surface area contributed by atoms with Gasteiger partial charge in [0, 0.05) is 9.65 Å². The first-order valence-corrected chi connectivity index (χ1v) is 23.2. The summed E-state index contributed by atoms with van der Waals surface area (Å²) < 4.78 is 43.2. The molecule has 1 saturated heterocycles. The molecule has 0 aliphatic carbocycles. The van der Waals surface area contributed by atoms with Crippen molar-refractivity contribution in [1.82, 2.24) is 4.90 Å². The van der Waals surface area contributed by atoms with E-state index in [0.29, 0.717) is 0 Å². The van der Waals surface area contributed by atoms with Crippen molar-refractivity contribution < 1.29 is 71.5 Å². The van der Waals surface area contributed by atoms with E-state index in [9.17, 15) is 33.6 Å². The normalized spacial score (nSPS) is 21.6. The summed E-state index contributed by atoms with van der Waals surface area (Å²) in [6.45, 7) is 16.0. The van der Waals surface area contributed by atoms with Crippen LogP contribution in [0.25, 0.3) is 0 Å². The standard InChI is InChI=1S/C41H63Br4NO15/c1-13-14-29-31(48)46(30(47)27(4)28(5)61-29)15-16-56-34(51)41(12,23-59-35(52)39(10,19-54-17-25(2)42)21-57-32(49)37(6,7)44)24-60-36(53)40(11,20-55-18-26(3)43)22-58-33(50)38(8,9)45/h13-14,25-29H,15-24H2,1-12H3/b14-13-/t25?,26?,27-,28?,29?,39?,40?,41?/m0/s1. The fourth-order valence-corrected chi connectivity index (χ4v) is 5.61. The van der Waals surface area contributed by atoms with Crippen LogP contribution in [-0.2, 0) is 71.5 Å². The average molecular weight is 1130 g/mol. The highest BCUT2D eigenvalue weighted by atomic mass is 79.9. The number of amides is 2. The smallest absolute Gasteiger partial charge is 0.322 e. The first-order chi connectivity index (χ1) is 27.9. The molecule has 0 aromatic rings. The lowest BCUT2D eigenvalue weighted by Gasteiger charge is -2.33. The molecule has 1 fully saturated rings. The van der Waals surface area contributed by atoms with Crippen molar-refractivity contribution >= 4 is 105 Å². The van der Waals surface area contributed by atoms with Gasteiger partial charge in [0.2, 0.25) is 5.91 Å². The van der Waals surface area contributed by atoms with Gasteiger partial charge in [0.25, 0.3) is 5.91 Å². The van der Waals surface area contributed by atoms with Crippen LogP contribution in [0.4, 0.5) is 0 Å². The third-order valence-electron chi connectivity index (χ3n) is 9.22. The zero-order valence-electron chi connectivity index (χ0n) is 37.2. The van der Waals surface area contributed by atoms with Crippen molar-refractivity contribution in [2.75, 3.05) is 66.0 Å². The molecular formula is C41H63Br4NO15. The average Bonchev–Trinajstić information content (AvgIpc) is 3.22. The zero-order chi connectivity index (χ0) is 47.1. The number of allylic oxidation sites excluding steroid dienone is 1. The zero-order valence-corrected chi connectivity index (χ0v) is 43.5. The summed E-state index contributed by atoms with van der Waals surface area (Å²) in [4.78, 5) is 94.6. The lowest BCUT2D eigenvalue weighted by Crippen LogP contribution is -2.48. The number of alkyl halides is 4. The molecule has 0 bridgehead atoms. The summed E-state index contributed by atoms with van der Waals surface area (Å²) in [5, 5.41) is 0. The number of imide groups is 1. The van der Waals surface area contributed by atoms with Gasteiger partial charge in [-0.15, -0.1) is 0 Å². The number of ether oxygens (including phenoxy) is 8. The Balaban J connectivity index is 3.51. The number of carbonyl (C=O) groups excluding carboxylic acids is 7. The predicted octanol–water partition coefficient (Wildman–Crippen LogP) is 6.02. The van der Waals surface area contributed by atoms with Crippen LogP contribution in [0.15, 0.2) is 12.2 Å². The SMILES string of the molecule is C/C=C\C1OC(C)[C@H](C)C(=O)N(CCOC(=O)C(C)(COC(=O)C(C)(COCC(C)Br)COC(=O)C(C)(C)Br)COC(=O)C(C)(COCC(C)Br)COC(=O)C(C)(C)Br)C1=O. The van der Waals surface area contributed by atoms with Crippen LogP contribution in [0.2, 0.25) is 0 Å². The largest absolute Gasteiger partial charge is 0.464 e. The maximum absolute atomic E-state index is 14.1. The number of carbonyl (C=O) groups is 7. The second-order valence-electron chi connectivity index (χ2n) is 17.1. The van der Waals surface area contributed by atoms with Crippen molar-refractivity contribution in [3.05, 3.63) is 12.2 Å². The van der Waals surface area contributed by atoms with Gasteiger partial charge in [0.15, 0.2) is 6.10 Å². The Bertz CT molecular complexity index is 1490. The minimum atomic E-state index is -1.90. The molecule has 1 heterocycles. The molecule has 0 spiro atoms. The summed E-state index contributed by atoms with van der Waals surface area (Å²) in [7, 11) is 0. The monoisotopic (exact) mass is 1130 g/mol. The van der Waals surface area contributed by atoms with Gasteiger partial charge in [-0.1, -0.05) is 96.6 Å². The molecule has 0 aromatic heterocycles. The van der Waals surface area contributed by atoms with E-state index in [1.165, 1.54) is 26.8 Å². The van der Waals surface area contributed by atoms with Crippen LogP contribution >= 0.6 is 63.7 Å². The molecule has 350 valence electrons. The molecule has 16 nitrogen and oxygen atoms in total. The van der Waals surface area contributed by atoms with E-state index >= 15 is 0 Å². The van der Waals surface area contributed by atoms with Crippen molar-refractivity contribution in [3.63, 3.8) is 0 Å². The quantitative estimate of drug-likeness (QED) is 0.0338. The molecule has 1 aliphatic rings. The Labute approximate surface area is 393 Å². The molecule has 1 rings (SSSR count). The second-order valence-corrected chi connectivity index (χ2v) is 24.2. The predicted molar refractivity (Wildman–Crippen MR) is 239 cm³/mol. The van der Waals surface area contributed by atoms with Gasteiger partial charge in [0.1, 0.15) is 57.9 Å². The van der Waals surface area contributed by atoms with Crippen molar-refractivity contribution in [1.29, 1.82) is 0 Å². The molecule has 2 amide bonds. The molecule has 0 aromatic carbocycles. The minimum Gasteiger partial charge on any atom is -0.464 e. The van der Waals surface area contributed by atoms with E-state index in [0.717, 1.165) is 4.90 Å². The van der Waals surface area contributed by atoms with Crippen LogP contribution in [0.1, 0.15) is 83.1 Å². The number of halogens is 4. The maximum atomic E-state index is 14.1. The van der Waals surface area contributed by atoms with Gasteiger partial charge in [-0.05, 0) is 62.3 Å². The topological polar surface area (TPSA) is 197 Å². The van der Waals surface area contributed by atoms with Crippen LogP contribution in [0.3, 0.4) is 0 Å². The summed E-state index contributed by atoms with van der Waals surface area (Å²) >= 11 is 13.3. The van der Waals surface area contributed by atoms with Crippen LogP contribution in [-0.4, -0.2) is 143 Å². The molecule has 0 radical (unpaired) electrons. The van der Waals surface area contributed by atoms with Crippen LogP contribution in [0, 0.1) is 22.2 Å². The fraction of sp³-hybridized carbons (Fsp3) is 0.780. The molecule has 1 aliphatic heterocycles. The van der Waals surface area contributed by atoms with Crippen molar-refractivity contribution in [2.24, 2.45) is 22.2 Å². The van der Waals surface area contributed by atoms with E-state index in [2.05, 4.69) is 63.7 Å². The van der Waals surface area contributed by atoms with Crippen LogP contribution < -0.4 is 0 Å². The highest BCUT2D eigenvalue weighted by Gasteiger charge is 2.46. The molecule has 61 heavy (non-hydrogen) atoms. The van der Waals surface area contributed by atoms with Crippen LogP contribution in [0.5, 0.6) is 0 Å². The number of hydrogen-bond acceptors (Lipinski definition) is 15. The van der Waals surface area contributed by atoms with Crippen molar-refractivity contribution in [2.45, 2.75) is 114 Å². The Hall–Kier alpha value is -1.97. The maximum Gasteiger partial charge on any atom is 0.322 e. The van der Waals surface area contributed by atoms with E-state index in [1.54, 1.807) is 54.5 Å². The molecule has 0 N–H and O–H groups in total. The van der Waals surface area contributed by atoms with E-state index < -0.39 is 118 Å². The highest BCUT2D eigenvalue weighted by molar-refractivity contribution is 9.10. The van der Waals surface area contributed by atoms with Gasteiger partial charge in [-0.25, -0.2) is 0 Å². The Morgan fingerprint density at radius 3 is 1.36 bits per heavy atom. The Kier molecular flexibility index (Phi) is 23.3. The molecule has 6 unspecified atom stereocenters. The lowest BCUT2D eigenvalue weighted by molar-refractivity contribution is -0.182. The number of nitrogens with zero attached hydrogens (tertiary/aromatic N) is 1. The van der Waals surface area contributed by atoms with E-state index in [-0.39, 0.29) is 42.6 Å². The molecule has 7 atom stereocenters. The van der Waals surface area contributed by atoms with Gasteiger partial charge >= 0.3 is 29.8 Å². The van der Waals surface area contributed by atoms with E-state index in [4.69, 9.17) is 37.9 Å². The number of esters is 5. The highest BCUT2D eigenvalue weighted by Crippen LogP contribution is 2.30. The third-order valence-corrected chi connectivity index (χ3v) is 10.4. The lowest BCUT2D eigenvalue weighted by atomic mass is 9.90. The summed E-state index contributed by atoms with van der Waals surface area (Å²) in [5.74, 6) is -5.99. The van der Waals surface area contributed by atoms with Gasteiger partial charge in [0.05, 0.1) is 45.0 Å². The summed E-state index contributed by atoms with van der Waals surface area (Å²) in [6.07, 6.45) is 1.52. The number of rotatable bonds is 25. The van der Waals surface area contributed by atoms with E-state index in [1.807, 2.05) is 13.8 Å². The van der Waals surface area contributed by atoms with Crippen molar-refractivity contribution in [3.8, 4) is 0 Å². The number of hydrogen-bond donors (Lipinski definition) is 0. The molecule has 20 heteroatoms. The van der Waals surface area contributed by atoms with Gasteiger partial charge < -0.3 is 37.9 Å². The Morgan fingerprint density at radius 1 is 0.639 bits per heavy atom. The second kappa shape index (κ2) is 24.9. The molecular weight excluding hydrogens is 1070 g/mol. The third kappa shape index (κ3) is 18.6.